The summed E-state index contributed by atoms with van der Waals surface area (Å²) < 4.78 is 31.2. The third-order valence-corrected chi connectivity index (χ3v) is 4.24. The van der Waals surface area contributed by atoms with Gasteiger partial charge >= 0.3 is 5.97 Å². The smallest absolute Gasteiger partial charge is 0.306 e. The monoisotopic (exact) mass is 310 g/mol. The molecule has 0 saturated heterocycles. The van der Waals surface area contributed by atoms with Gasteiger partial charge < -0.3 is 4.74 Å². The molecule has 0 aliphatic carbocycles. The van der Waals surface area contributed by atoms with Gasteiger partial charge in [0.2, 0.25) is 0 Å². The van der Waals surface area contributed by atoms with Gasteiger partial charge in [0.05, 0.1) is 11.0 Å². The van der Waals surface area contributed by atoms with E-state index in [1.54, 1.807) is 38.1 Å². The van der Waals surface area contributed by atoms with Gasteiger partial charge in [-0.1, -0.05) is 12.1 Å². The largest absolute Gasteiger partial charge is 0.463 e. The molecule has 0 fully saturated rings. The van der Waals surface area contributed by atoms with E-state index in [0.29, 0.717) is 24.4 Å². The van der Waals surface area contributed by atoms with Gasteiger partial charge in [0, 0.05) is 18.5 Å². The summed E-state index contributed by atoms with van der Waals surface area (Å²) in [6.07, 6.45) is 0.653. The number of esters is 1. The molecule has 0 unspecified atom stereocenters. The summed E-state index contributed by atoms with van der Waals surface area (Å²) in [6, 6.07) is 6.68. The normalized spacial score (nSPS) is 17.6. The number of fused-ring (bicyclic) bond motifs is 1. The number of nitrogens with zero attached hydrogens (tertiary/aromatic N) is 1. The minimum Gasteiger partial charge on any atom is -0.463 e. The summed E-state index contributed by atoms with van der Waals surface area (Å²) in [6.45, 7) is 3.95. The number of benzene rings is 1. The van der Waals surface area contributed by atoms with Gasteiger partial charge in [0.25, 0.3) is 10.0 Å². The fourth-order valence-corrected chi connectivity index (χ4v) is 3.24. The van der Waals surface area contributed by atoms with Crippen LogP contribution >= 0.6 is 0 Å². The molecule has 2 rings (SSSR count). The number of hydrogen-bond acceptors (Lipinski definition) is 5. The van der Waals surface area contributed by atoms with Crippen LogP contribution in [0.15, 0.2) is 34.2 Å². The molecule has 0 atom stereocenters. The van der Waals surface area contributed by atoms with Crippen molar-refractivity contribution in [2.45, 2.75) is 37.7 Å². The molecule has 114 valence electrons. The Balaban J connectivity index is 1.97. The van der Waals surface area contributed by atoms with Crippen molar-refractivity contribution in [2.75, 3.05) is 6.54 Å². The molecule has 1 aromatic rings. The maximum atomic E-state index is 11.9. The van der Waals surface area contributed by atoms with Gasteiger partial charge in [0.1, 0.15) is 5.84 Å². The second kappa shape index (κ2) is 6.26. The average Bonchev–Trinajstić information content (AvgIpc) is 2.66. The van der Waals surface area contributed by atoms with E-state index in [9.17, 15) is 13.2 Å². The van der Waals surface area contributed by atoms with Crippen LogP contribution in [-0.4, -0.2) is 32.9 Å². The zero-order valence-corrected chi connectivity index (χ0v) is 12.8. The molecule has 0 amide bonds. The highest BCUT2D eigenvalue weighted by atomic mass is 32.2. The molecular weight excluding hydrogens is 292 g/mol. The van der Waals surface area contributed by atoms with Crippen molar-refractivity contribution in [1.29, 1.82) is 0 Å². The SMILES string of the molecule is CC(C)OC(=O)CCCN=C1NS(=O)(=O)c2ccccc21. The minimum atomic E-state index is -3.50. The van der Waals surface area contributed by atoms with E-state index in [2.05, 4.69) is 9.71 Å². The number of nitrogens with one attached hydrogen (secondary N) is 1. The lowest BCUT2D eigenvalue weighted by atomic mass is 10.2. The quantitative estimate of drug-likeness (QED) is 0.659. The number of ether oxygens (including phenoxy) is 1. The zero-order valence-electron chi connectivity index (χ0n) is 12.0. The van der Waals surface area contributed by atoms with Crippen LogP contribution in [0.5, 0.6) is 0 Å². The van der Waals surface area contributed by atoms with E-state index < -0.39 is 10.0 Å². The minimum absolute atomic E-state index is 0.127. The first kappa shape index (κ1) is 15.5. The van der Waals surface area contributed by atoms with E-state index in [1.807, 2.05) is 0 Å². The molecule has 1 aromatic carbocycles. The van der Waals surface area contributed by atoms with Gasteiger partial charge in [-0.05, 0) is 32.4 Å². The third kappa shape index (κ3) is 3.81. The van der Waals surface area contributed by atoms with Crippen molar-refractivity contribution in [3.63, 3.8) is 0 Å². The van der Waals surface area contributed by atoms with Crippen LogP contribution in [-0.2, 0) is 19.6 Å². The molecule has 21 heavy (non-hydrogen) atoms. The second-order valence-corrected chi connectivity index (χ2v) is 6.62. The predicted octanol–water partition coefficient (Wildman–Crippen LogP) is 1.46. The fourth-order valence-electron chi connectivity index (χ4n) is 1.99. The van der Waals surface area contributed by atoms with Gasteiger partial charge in [0.15, 0.2) is 0 Å². The summed E-state index contributed by atoms with van der Waals surface area (Å²) in [5.41, 5.74) is 0.572. The number of rotatable bonds is 5. The van der Waals surface area contributed by atoms with Gasteiger partial charge in [-0.15, -0.1) is 0 Å². The first-order valence-corrected chi connectivity index (χ1v) is 8.24. The van der Waals surface area contributed by atoms with Gasteiger partial charge in [-0.3, -0.25) is 14.5 Å². The van der Waals surface area contributed by atoms with E-state index in [-0.39, 0.29) is 23.4 Å². The van der Waals surface area contributed by atoms with Crippen LogP contribution in [0.4, 0.5) is 0 Å². The van der Waals surface area contributed by atoms with Gasteiger partial charge in [-0.25, -0.2) is 8.42 Å². The molecular formula is C14H18N2O4S. The highest BCUT2D eigenvalue weighted by molar-refractivity contribution is 7.90. The van der Waals surface area contributed by atoms with Crippen molar-refractivity contribution in [3.8, 4) is 0 Å². The third-order valence-electron chi connectivity index (χ3n) is 2.84. The number of sulfonamides is 1. The Kier molecular flexibility index (Phi) is 4.62. The molecule has 0 spiro atoms. The average molecular weight is 310 g/mol. The molecule has 7 heteroatoms. The number of carbonyl (C=O) groups is 1. The van der Waals surface area contributed by atoms with E-state index in [4.69, 9.17) is 4.74 Å². The first-order valence-electron chi connectivity index (χ1n) is 6.76. The van der Waals surface area contributed by atoms with E-state index >= 15 is 0 Å². The van der Waals surface area contributed by atoms with Crippen LogP contribution in [0, 0.1) is 0 Å². The molecule has 1 N–H and O–H groups in total. The van der Waals surface area contributed by atoms with Crippen molar-refractivity contribution in [3.05, 3.63) is 29.8 Å². The number of hydrogen-bond donors (Lipinski definition) is 1. The summed E-state index contributed by atoms with van der Waals surface area (Å²) in [4.78, 5) is 15.8. The Bertz CT molecular complexity index is 665. The lowest BCUT2D eigenvalue weighted by Crippen LogP contribution is -2.22. The zero-order chi connectivity index (χ0) is 15.5. The molecule has 1 aliphatic heterocycles. The molecule has 0 radical (unpaired) electrons. The van der Waals surface area contributed by atoms with Crippen LogP contribution in [0.2, 0.25) is 0 Å². The molecule has 0 aromatic heterocycles. The maximum absolute atomic E-state index is 11.9. The molecule has 0 saturated carbocycles. The summed E-state index contributed by atoms with van der Waals surface area (Å²) in [5, 5.41) is 0. The number of aliphatic imine (C=N–C) groups is 1. The Hall–Kier alpha value is -1.89. The standard InChI is InChI=1S/C14H18N2O4S/c1-10(2)20-13(17)8-5-9-15-14-11-6-3-4-7-12(11)21(18,19)16-14/h3-4,6-7,10H,5,8-9H2,1-2H3,(H,15,16). The van der Waals surface area contributed by atoms with Gasteiger partial charge in [-0.2, -0.15) is 0 Å². The van der Waals surface area contributed by atoms with Crippen LogP contribution < -0.4 is 4.72 Å². The maximum Gasteiger partial charge on any atom is 0.306 e. The van der Waals surface area contributed by atoms with Crippen LogP contribution in [0.25, 0.3) is 0 Å². The van der Waals surface area contributed by atoms with Crippen molar-refractivity contribution >= 4 is 21.8 Å². The van der Waals surface area contributed by atoms with Crippen LogP contribution in [0.1, 0.15) is 32.3 Å². The molecule has 1 aliphatic rings. The summed E-state index contributed by atoms with van der Waals surface area (Å²) in [5.74, 6) is 0.0698. The number of amidine groups is 1. The molecule has 6 nitrogen and oxygen atoms in total. The Morgan fingerprint density at radius 2 is 2.05 bits per heavy atom. The fraction of sp³-hybridized carbons (Fsp3) is 0.429. The van der Waals surface area contributed by atoms with Crippen molar-refractivity contribution in [1.82, 2.24) is 4.72 Å². The number of carbonyl (C=O) groups excluding carboxylic acids is 1. The second-order valence-electron chi connectivity index (χ2n) is 4.97. The van der Waals surface area contributed by atoms with E-state index in [1.165, 1.54) is 0 Å². The van der Waals surface area contributed by atoms with Crippen molar-refractivity contribution in [2.24, 2.45) is 4.99 Å². The van der Waals surface area contributed by atoms with Crippen LogP contribution in [0.3, 0.4) is 0 Å². The lowest BCUT2D eigenvalue weighted by molar-refractivity contribution is -0.147. The highest BCUT2D eigenvalue weighted by Gasteiger charge is 2.29. The molecule has 1 heterocycles. The highest BCUT2D eigenvalue weighted by Crippen LogP contribution is 2.22. The Morgan fingerprint density at radius 3 is 2.76 bits per heavy atom. The van der Waals surface area contributed by atoms with Crippen molar-refractivity contribution < 1.29 is 17.9 Å². The predicted molar refractivity (Wildman–Crippen MR) is 78.6 cm³/mol. The summed E-state index contributed by atoms with van der Waals surface area (Å²) >= 11 is 0. The first-order chi connectivity index (χ1) is 9.90. The Labute approximate surface area is 124 Å². The lowest BCUT2D eigenvalue weighted by Gasteiger charge is -2.06. The van der Waals surface area contributed by atoms with E-state index in [0.717, 1.165) is 0 Å². The summed E-state index contributed by atoms with van der Waals surface area (Å²) in [7, 11) is -3.50. The molecule has 0 bridgehead atoms. The topological polar surface area (TPSA) is 84.8 Å². The Morgan fingerprint density at radius 1 is 1.33 bits per heavy atom.